The van der Waals surface area contributed by atoms with E-state index in [-0.39, 0.29) is 29.4 Å². The minimum atomic E-state index is -0.641. The number of thiophene rings is 1. The number of carbonyl (C=O) groups excluding carboxylic acids is 3. The normalized spacial score (nSPS) is 10.3. The molecule has 0 radical (unpaired) electrons. The number of esters is 1. The molecule has 2 amide bonds. The SMILES string of the molecule is CCOC(=O)c1c(NC(=O)CCc2ccccc2)sc(C(N)=O)c1C. The summed E-state index contributed by atoms with van der Waals surface area (Å²) in [6.07, 6.45) is 0.837. The maximum absolute atomic E-state index is 12.2. The van der Waals surface area contributed by atoms with Crippen molar-refractivity contribution in [3.63, 3.8) is 0 Å². The standard InChI is InChI=1S/C18H20N2O4S/c1-3-24-18(23)14-11(2)15(16(19)22)25-17(14)20-13(21)10-9-12-7-5-4-6-8-12/h4-8H,3,9-10H2,1-2H3,(H2,19,22)(H,20,21). The number of ether oxygens (including phenoxy) is 1. The Bertz CT molecular complexity index is 784. The molecule has 0 aliphatic heterocycles. The van der Waals surface area contributed by atoms with E-state index >= 15 is 0 Å². The van der Waals surface area contributed by atoms with Gasteiger partial charge in [-0.05, 0) is 31.4 Å². The zero-order chi connectivity index (χ0) is 18.4. The fraction of sp³-hybridized carbons (Fsp3) is 0.278. The molecule has 6 nitrogen and oxygen atoms in total. The summed E-state index contributed by atoms with van der Waals surface area (Å²) in [6, 6.07) is 9.62. The Morgan fingerprint density at radius 2 is 1.88 bits per heavy atom. The average Bonchev–Trinajstić information content (AvgIpc) is 2.90. The zero-order valence-electron chi connectivity index (χ0n) is 14.1. The van der Waals surface area contributed by atoms with Crippen molar-refractivity contribution in [3.8, 4) is 0 Å². The van der Waals surface area contributed by atoms with E-state index in [0.717, 1.165) is 16.9 Å². The van der Waals surface area contributed by atoms with Crippen LogP contribution in [0.3, 0.4) is 0 Å². The van der Waals surface area contributed by atoms with Crippen LogP contribution in [0.4, 0.5) is 5.00 Å². The minimum absolute atomic E-state index is 0.189. The maximum atomic E-state index is 12.2. The van der Waals surface area contributed by atoms with Gasteiger partial charge in [-0.1, -0.05) is 30.3 Å². The molecule has 0 saturated heterocycles. The number of anilines is 1. The van der Waals surface area contributed by atoms with Gasteiger partial charge in [-0.15, -0.1) is 11.3 Å². The molecule has 3 N–H and O–H groups in total. The number of primary amides is 1. The van der Waals surface area contributed by atoms with E-state index in [1.807, 2.05) is 30.3 Å². The Balaban J connectivity index is 2.16. The highest BCUT2D eigenvalue weighted by atomic mass is 32.1. The van der Waals surface area contributed by atoms with Gasteiger partial charge in [0.1, 0.15) is 5.00 Å². The first-order valence-electron chi connectivity index (χ1n) is 7.88. The van der Waals surface area contributed by atoms with Gasteiger partial charge in [0.25, 0.3) is 5.91 Å². The molecule has 0 bridgehead atoms. The molecule has 0 fully saturated rings. The highest BCUT2D eigenvalue weighted by Crippen LogP contribution is 2.33. The van der Waals surface area contributed by atoms with Crippen LogP contribution in [0.2, 0.25) is 0 Å². The van der Waals surface area contributed by atoms with Gasteiger partial charge >= 0.3 is 5.97 Å². The van der Waals surface area contributed by atoms with Crippen molar-refractivity contribution < 1.29 is 19.1 Å². The average molecular weight is 360 g/mol. The Kier molecular flexibility index (Phi) is 6.30. The van der Waals surface area contributed by atoms with Crippen LogP contribution in [0.25, 0.3) is 0 Å². The summed E-state index contributed by atoms with van der Waals surface area (Å²) in [7, 11) is 0. The minimum Gasteiger partial charge on any atom is -0.462 e. The van der Waals surface area contributed by atoms with Crippen LogP contribution in [-0.2, 0) is 16.0 Å². The van der Waals surface area contributed by atoms with Crippen molar-refractivity contribution in [2.75, 3.05) is 11.9 Å². The molecular weight excluding hydrogens is 340 g/mol. The van der Waals surface area contributed by atoms with Gasteiger partial charge < -0.3 is 15.8 Å². The first-order valence-corrected chi connectivity index (χ1v) is 8.69. The number of hydrogen-bond acceptors (Lipinski definition) is 5. The second kappa shape index (κ2) is 8.43. The first-order chi connectivity index (χ1) is 11.9. The van der Waals surface area contributed by atoms with Crippen molar-refractivity contribution in [1.29, 1.82) is 0 Å². The first kappa shape index (κ1) is 18.7. The van der Waals surface area contributed by atoms with E-state index in [4.69, 9.17) is 10.5 Å². The van der Waals surface area contributed by atoms with Gasteiger partial charge in [0, 0.05) is 6.42 Å². The fourth-order valence-electron chi connectivity index (χ4n) is 2.38. The molecule has 0 spiro atoms. The third-order valence-electron chi connectivity index (χ3n) is 3.59. The number of nitrogens with two attached hydrogens (primary N) is 1. The van der Waals surface area contributed by atoms with Crippen LogP contribution in [0.15, 0.2) is 30.3 Å². The molecule has 0 aliphatic rings. The van der Waals surface area contributed by atoms with E-state index < -0.39 is 11.9 Å². The summed E-state index contributed by atoms with van der Waals surface area (Å²) >= 11 is 0.991. The maximum Gasteiger partial charge on any atom is 0.341 e. The van der Waals surface area contributed by atoms with E-state index in [0.29, 0.717) is 17.0 Å². The van der Waals surface area contributed by atoms with Gasteiger partial charge in [0.2, 0.25) is 5.91 Å². The van der Waals surface area contributed by atoms with Crippen molar-refractivity contribution in [2.45, 2.75) is 26.7 Å². The number of rotatable bonds is 7. The molecular formula is C18H20N2O4S. The number of amides is 2. The van der Waals surface area contributed by atoms with Crippen molar-refractivity contribution in [2.24, 2.45) is 5.73 Å². The van der Waals surface area contributed by atoms with Gasteiger partial charge in [-0.2, -0.15) is 0 Å². The highest BCUT2D eigenvalue weighted by Gasteiger charge is 2.25. The molecule has 1 aromatic carbocycles. The smallest absolute Gasteiger partial charge is 0.341 e. The lowest BCUT2D eigenvalue weighted by Gasteiger charge is -2.07. The van der Waals surface area contributed by atoms with Crippen LogP contribution in [-0.4, -0.2) is 24.4 Å². The summed E-state index contributed by atoms with van der Waals surface area (Å²) in [5.41, 5.74) is 7.00. The molecule has 0 saturated carbocycles. The summed E-state index contributed by atoms with van der Waals surface area (Å²) in [6.45, 7) is 3.50. The lowest BCUT2D eigenvalue weighted by molar-refractivity contribution is -0.116. The third kappa shape index (κ3) is 4.67. The number of carbonyl (C=O) groups is 3. The topological polar surface area (TPSA) is 98.5 Å². The number of hydrogen-bond donors (Lipinski definition) is 2. The van der Waals surface area contributed by atoms with Crippen LogP contribution in [0.5, 0.6) is 0 Å². The van der Waals surface area contributed by atoms with E-state index in [1.165, 1.54) is 0 Å². The summed E-state index contributed by atoms with van der Waals surface area (Å²) in [5.74, 6) is -1.47. The summed E-state index contributed by atoms with van der Waals surface area (Å²) < 4.78 is 5.02. The molecule has 1 heterocycles. The van der Waals surface area contributed by atoms with Gasteiger partial charge in [-0.3, -0.25) is 9.59 Å². The van der Waals surface area contributed by atoms with E-state index in [1.54, 1.807) is 13.8 Å². The second-order valence-corrected chi connectivity index (χ2v) is 6.40. The zero-order valence-corrected chi connectivity index (χ0v) is 14.9. The number of benzene rings is 1. The third-order valence-corrected chi connectivity index (χ3v) is 4.81. The summed E-state index contributed by atoms with van der Waals surface area (Å²) in [5, 5.41) is 3.00. The van der Waals surface area contributed by atoms with Crippen molar-refractivity contribution >= 4 is 34.1 Å². The predicted molar refractivity (Wildman–Crippen MR) is 96.9 cm³/mol. The van der Waals surface area contributed by atoms with Gasteiger partial charge in [0.15, 0.2) is 0 Å². The molecule has 1 aromatic heterocycles. The Labute approximate surface area is 150 Å². The van der Waals surface area contributed by atoms with Gasteiger partial charge in [0.05, 0.1) is 17.0 Å². The Morgan fingerprint density at radius 3 is 2.48 bits per heavy atom. The second-order valence-electron chi connectivity index (χ2n) is 5.38. The number of nitrogens with one attached hydrogen (secondary N) is 1. The monoisotopic (exact) mass is 360 g/mol. The van der Waals surface area contributed by atoms with Crippen LogP contribution in [0.1, 0.15) is 44.5 Å². The Morgan fingerprint density at radius 1 is 1.20 bits per heavy atom. The molecule has 7 heteroatoms. The molecule has 0 atom stereocenters. The molecule has 2 aromatic rings. The van der Waals surface area contributed by atoms with Crippen LogP contribution < -0.4 is 11.1 Å². The quantitative estimate of drug-likeness (QED) is 0.742. The van der Waals surface area contributed by atoms with E-state index in [9.17, 15) is 14.4 Å². The van der Waals surface area contributed by atoms with Crippen LogP contribution >= 0.6 is 11.3 Å². The summed E-state index contributed by atoms with van der Waals surface area (Å²) in [4.78, 5) is 36.2. The van der Waals surface area contributed by atoms with E-state index in [2.05, 4.69) is 5.32 Å². The number of aryl methyl sites for hydroxylation is 1. The largest absolute Gasteiger partial charge is 0.462 e. The highest BCUT2D eigenvalue weighted by molar-refractivity contribution is 7.18. The van der Waals surface area contributed by atoms with Crippen molar-refractivity contribution in [3.05, 3.63) is 51.9 Å². The molecule has 132 valence electrons. The molecule has 2 rings (SSSR count). The fourth-order valence-corrected chi connectivity index (χ4v) is 3.44. The van der Waals surface area contributed by atoms with Crippen LogP contribution in [0, 0.1) is 6.92 Å². The molecule has 25 heavy (non-hydrogen) atoms. The molecule has 0 unspecified atom stereocenters. The van der Waals surface area contributed by atoms with Gasteiger partial charge in [-0.25, -0.2) is 4.79 Å². The Hall–Kier alpha value is -2.67. The lowest BCUT2D eigenvalue weighted by atomic mass is 10.1. The lowest BCUT2D eigenvalue weighted by Crippen LogP contribution is -2.15. The molecule has 0 aliphatic carbocycles. The van der Waals surface area contributed by atoms with Crippen molar-refractivity contribution in [1.82, 2.24) is 0 Å². The predicted octanol–water partition coefficient (Wildman–Crippen LogP) is 2.90.